The van der Waals surface area contributed by atoms with Gasteiger partial charge in [0.05, 0.1) is 13.2 Å². The van der Waals surface area contributed by atoms with Crippen molar-refractivity contribution in [2.24, 2.45) is 0 Å². The normalized spacial score (nSPS) is 21.3. The molecule has 0 aliphatic carbocycles. The summed E-state index contributed by atoms with van der Waals surface area (Å²) >= 11 is 0. The molecule has 2 saturated heterocycles. The van der Waals surface area contributed by atoms with Crippen LogP contribution in [0.3, 0.4) is 0 Å². The molecule has 4 heteroatoms. The third kappa shape index (κ3) is 5.20. The smallest absolute Gasteiger partial charge is 0.0594 e. The second-order valence-corrected chi connectivity index (χ2v) is 6.87. The summed E-state index contributed by atoms with van der Waals surface area (Å²) in [6, 6.07) is 9.28. The number of rotatable bonds is 5. The number of ether oxygens (including phenoxy) is 1. The zero-order valence-electron chi connectivity index (χ0n) is 14.5. The number of nitrogens with zero attached hydrogens (tertiary/aromatic N) is 3. The van der Waals surface area contributed by atoms with Crippen LogP contribution in [0.4, 0.5) is 5.69 Å². The van der Waals surface area contributed by atoms with Gasteiger partial charge in [0.2, 0.25) is 0 Å². The van der Waals surface area contributed by atoms with Crippen LogP contribution in [0.25, 0.3) is 0 Å². The van der Waals surface area contributed by atoms with E-state index in [1.807, 2.05) is 0 Å². The van der Waals surface area contributed by atoms with Crippen molar-refractivity contribution in [1.82, 2.24) is 9.80 Å². The third-order valence-corrected chi connectivity index (χ3v) is 5.06. The van der Waals surface area contributed by atoms with Gasteiger partial charge in [-0.1, -0.05) is 12.1 Å². The summed E-state index contributed by atoms with van der Waals surface area (Å²) in [4.78, 5) is 7.48. The maximum absolute atomic E-state index is 5.40. The molecule has 2 aliphatic heterocycles. The van der Waals surface area contributed by atoms with Crippen LogP contribution in [0, 0.1) is 0 Å². The van der Waals surface area contributed by atoms with Crippen LogP contribution in [0.15, 0.2) is 24.3 Å². The van der Waals surface area contributed by atoms with E-state index in [-0.39, 0.29) is 0 Å². The molecular weight excluding hydrogens is 286 g/mol. The van der Waals surface area contributed by atoms with Gasteiger partial charge in [-0.05, 0) is 57.1 Å². The van der Waals surface area contributed by atoms with Gasteiger partial charge in [0, 0.05) is 38.4 Å². The molecule has 0 saturated carbocycles. The Morgan fingerprint density at radius 2 is 1.70 bits per heavy atom. The number of likely N-dealkylation sites (N-methyl/N-ethyl adjacent to an activating group) is 1. The Morgan fingerprint density at radius 3 is 2.48 bits per heavy atom. The lowest BCUT2D eigenvalue weighted by Crippen LogP contribution is -2.36. The maximum Gasteiger partial charge on any atom is 0.0594 e. The topological polar surface area (TPSA) is 19.0 Å². The highest BCUT2D eigenvalue weighted by atomic mass is 16.5. The first kappa shape index (κ1) is 16.7. The molecule has 128 valence electrons. The molecule has 2 fully saturated rings. The Kier molecular flexibility index (Phi) is 6.31. The fraction of sp³-hybridized carbons (Fsp3) is 0.684. The van der Waals surface area contributed by atoms with Crippen LogP contribution >= 0.6 is 0 Å². The van der Waals surface area contributed by atoms with Gasteiger partial charge in [-0.15, -0.1) is 0 Å². The first-order valence-electron chi connectivity index (χ1n) is 9.14. The lowest BCUT2D eigenvalue weighted by atomic mass is 10.1. The first-order valence-corrected chi connectivity index (χ1v) is 9.14. The second-order valence-electron chi connectivity index (χ2n) is 6.87. The summed E-state index contributed by atoms with van der Waals surface area (Å²) in [6.45, 7) is 9.92. The van der Waals surface area contributed by atoms with Gasteiger partial charge in [0.15, 0.2) is 0 Å². The predicted octanol–water partition coefficient (Wildman–Crippen LogP) is 2.09. The van der Waals surface area contributed by atoms with Crippen molar-refractivity contribution in [2.75, 3.05) is 71.0 Å². The van der Waals surface area contributed by atoms with E-state index in [1.165, 1.54) is 56.7 Å². The molecule has 0 N–H and O–H groups in total. The summed E-state index contributed by atoms with van der Waals surface area (Å²) in [6.07, 6.45) is 3.69. The number of hydrogen-bond donors (Lipinski definition) is 0. The van der Waals surface area contributed by atoms with Crippen molar-refractivity contribution < 1.29 is 4.74 Å². The monoisotopic (exact) mass is 317 g/mol. The molecule has 0 unspecified atom stereocenters. The summed E-state index contributed by atoms with van der Waals surface area (Å²) in [5.74, 6) is 0. The Labute approximate surface area is 141 Å². The summed E-state index contributed by atoms with van der Waals surface area (Å²) in [7, 11) is 2.22. The van der Waals surface area contributed by atoms with Gasteiger partial charge in [-0.25, -0.2) is 0 Å². The zero-order chi connectivity index (χ0) is 15.9. The molecule has 0 amide bonds. The Balaban J connectivity index is 1.44. The van der Waals surface area contributed by atoms with Crippen molar-refractivity contribution in [3.05, 3.63) is 29.8 Å². The fourth-order valence-electron chi connectivity index (χ4n) is 3.51. The second kappa shape index (κ2) is 8.67. The van der Waals surface area contributed by atoms with E-state index in [0.29, 0.717) is 0 Å². The minimum atomic E-state index is 0.903. The molecule has 1 aromatic carbocycles. The lowest BCUT2D eigenvalue weighted by molar-refractivity contribution is 0.0375. The van der Waals surface area contributed by atoms with Crippen LogP contribution in [0.5, 0.6) is 0 Å². The number of benzene rings is 1. The molecule has 0 aromatic heterocycles. The first-order chi connectivity index (χ1) is 11.3. The SMILES string of the molecule is CN1CCCN(c2ccc(CCCN3CCOCC3)cc2)CC1. The van der Waals surface area contributed by atoms with Crippen molar-refractivity contribution in [2.45, 2.75) is 19.3 Å². The fourth-order valence-corrected chi connectivity index (χ4v) is 3.51. The van der Waals surface area contributed by atoms with Crippen LogP contribution < -0.4 is 4.90 Å². The van der Waals surface area contributed by atoms with Gasteiger partial charge in [-0.2, -0.15) is 0 Å². The molecule has 0 bridgehead atoms. The molecule has 23 heavy (non-hydrogen) atoms. The standard InChI is InChI=1S/C19H31N3O/c1-20-9-3-11-22(13-12-20)19-7-5-18(6-8-19)4-2-10-21-14-16-23-17-15-21/h5-8H,2-4,9-17H2,1H3. The zero-order valence-corrected chi connectivity index (χ0v) is 14.5. The molecule has 0 radical (unpaired) electrons. The quantitative estimate of drug-likeness (QED) is 0.828. The molecule has 4 nitrogen and oxygen atoms in total. The summed E-state index contributed by atoms with van der Waals surface area (Å²) < 4.78 is 5.40. The van der Waals surface area contributed by atoms with Gasteiger partial charge in [0.25, 0.3) is 0 Å². The van der Waals surface area contributed by atoms with Crippen LogP contribution in [0.1, 0.15) is 18.4 Å². The minimum absolute atomic E-state index is 0.903. The van der Waals surface area contributed by atoms with Gasteiger partial charge in [0.1, 0.15) is 0 Å². The molecule has 1 aromatic rings. The summed E-state index contributed by atoms with van der Waals surface area (Å²) in [5, 5.41) is 0. The van der Waals surface area contributed by atoms with Gasteiger partial charge < -0.3 is 14.5 Å². The largest absolute Gasteiger partial charge is 0.379 e. The Hall–Kier alpha value is -1.10. The summed E-state index contributed by atoms with van der Waals surface area (Å²) in [5.41, 5.74) is 2.85. The van der Waals surface area contributed by atoms with Crippen molar-refractivity contribution in [1.29, 1.82) is 0 Å². The van der Waals surface area contributed by atoms with Gasteiger partial charge >= 0.3 is 0 Å². The molecule has 0 spiro atoms. The van der Waals surface area contributed by atoms with Crippen LogP contribution in [-0.4, -0.2) is 75.9 Å². The number of morpholine rings is 1. The molecule has 0 atom stereocenters. The highest BCUT2D eigenvalue weighted by molar-refractivity contribution is 5.47. The van der Waals surface area contributed by atoms with Crippen molar-refractivity contribution >= 4 is 5.69 Å². The van der Waals surface area contributed by atoms with E-state index >= 15 is 0 Å². The molecule has 2 aliphatic rings. The van der Waals surface area contributed by atoms with E-state index in [0.717, 1.165) is 32.8 Å². The van der Waals surface area contributed by atoms with Crippen LogP contribution in [0.2, 0.25) is 0 Å². The third-order valence-electron chi connectivity index (χ3n) is 5.06. The average molecular weight is 317 g/mol. The highest BCUT2D eigenvalue weighted by Gasteiger charge is 2.13. The van der Waals surface area contributed by atoms with Crippen LogP contribution in [-0.2, 0) is 11.2 Å². The van der Waals surface area contributed by atoms with E-state index in [1.54, 1.807) is 0 Å². The molecule has 2 heterocycles. The predicted molar refractivity (Wildman–Crippen MR) is 96.3 cm³/mol. The minimum Gasteiger partial charge on any atom is -0.379 e. The lowest BCUT2D eigenvalue weighted by Gasteiger charge is -2.26. The molecule has 3 rings (SSSR count). The maximum atomic E-state index is 5.40. The van der Waals surface area contributed by atoms with Gasteiger partial charge in [-0.3, -0.25) is 4.90 Å². The number of hydrogen-bond acceptors (Lipinski definition) is 4. The van der Waals surface area contributed by atoms with E-state index in [2.05, 4.69) is 46.0 Å². The number of aryl methyl sites for hydroxylation is 1. The van der Waals surface area contributed by atoms with E-state index in [4.69, 9.17) is 4.74 Å². The highest BCUT2D eigenvalue weighted by Crippen LogP contribution is 2.18. The Morgan fingerprint density at radius 1 is 0.913 bits per heavy atom. The van der Waals surface area contributed by atoms with E-state index < -0.39 is 0 Å². The van der Waals surface area contributed by atoms with Crippen molar-refractivity contribution in [3.8, 4) is 0 Å². The van der Waals surface area contributed by atoms with Crippen molar-refractivity contribution in [3.63, 3.8) is 0 Å². The molecular formula is C19H31N3O. The number of anilines is 1. The Bertz CT molecular complexity index is 456. The van der Waals surface area contributed by atoms with E-state index in [9.17, 15) is 0 Å². The average Bonchev–Trinajstić information content (AvgIpc) is 2.81.